The number of unbranched alkanes of at least 4 members (excludes halogenated alkanes) is 1. The summed E-state index contributed by atoms with van der Waals surface area (Å²) in [6, 6.07) is 0.677. The van der Waals surface area contributed by atoms with E-state index in [0.29, 0.717) is 12.5 Å². The van der Waals surface area contributed by atoms with Gasteiger partial charge in [0.25, 0.3) is 0 Å². The largest absolute Gasteiger partial charge is 0.356 e. The van der Waals surface area contributed by atoms with Crippen molar-refractivity contribution in [2.75, 3.05) is 39.3 Å². The van der Waals surface area contributed by atoms with Gasteiger partial charge >= 0.3 is 0 Å². The van der Waals surface area contributed by atoms with Crippen LogP contribution in [0.25, 0.3) is 0 Å². The number of hydrogen-bond donors (Lipinski definition) is 1. The Morgan fingerprint density at radius 2 is 1.83 bits per heavy atom. The van der Waals surface area contributed by atoms with Gasteiger partial charge in [0.05, 0.1) is 0 Å². The fourth-order valence-electron chi connectivity index (χ4n) is 2.32. The van der Waals surface area contributed by atoms with Gasteiger partial charge in [-0.2, -0.15) is 0 Å². The molecule has 1 heterocycles. The minimum absolute atomic E-state index is 0.167. The van der Waals surface area contributed by atoms with Crippen LogP contribution >= 0.6 is 0 Å². The summed E-state index contributed by atoms with van der Waals surface area (Å²) in [5.41, 5.74) is 0. The topological polar surface area (TPSA) is 35.6 Å². The summed E-state index contributed by atoms with van der Waals surface area (Å²) in [5, 5.41) is 2.93. The quantitative estimate of drug-likeness (QED) is 0.697. The van der Waals surface area contributed by atoms with Crippen LogP contribution in [-0.2, 0) is 4.79 Å². The monoisotopic (exact) mass is 255 g/mol. The van der Waals surface area contributed by atoms with Gasteiger partial charge in [-0.3, -0.25) is 9.69 Å². The number of carbonyl (C=O) groups excluding carboxylic acids is 1. The van der Waals surface area contributed by atoms with Crippen LogP contribution in [0.5, 0.6) is 0 Å². The first-order valence-electron chi connectivity index (χ1n) is 7.36. The molecule has 0 unspecified atom stereocenters. The van der Waals surface area contributed by atoms with E-state index < -0.39 is 0 Å². The smallest absolute Gasteiger partial charge is 0.219 e. The molecule has 4 nitrogen and oxygen atoms in total. The molecule has 0 aromatic heterocycles. The van der Waals surface area contributed by atoms with Crippen LogP contribution in [0.1, 0.15) is 40.0 Å². The Balaban J connectivity index is 1.99. The van der Waals surface area contributed by atoms with Gasteiger partial charge in [-0.05, 0) is 33.2 Å². The second-order valence-electron chi connectivity index (χ2n) is 5.38. The SMILES string of the molecule is CCC(=O)NCCCCN1CCN(C(C)C)CC1. The van der Waals surface area contributed by atoms with Gasteiger partial charge in [0.15, 0.2) is 0 Å². The lowest BCUT2D eigenvalue weighted by Crippen LogP contribution is -2.48. The molecule has 0 atom stereocenters. The van der Waals surface area contributed by atoms with Crippen LogP contribution in [0, 0.1) is 0 Å². The van der Waals surface area contributed by atoms with E-state index in [0.717, 1.165) is 13.0 Å². The molecule has 1 aliphatic heterocycles. The van der Waals surface area contributed by atoms with Crippen molar-refractivity contribution in [1.82, 2.24) is 15.1 Å². The molecule has 1 amide bonds. The van der Waals surface area contributed by atoms with Crippen molar-refractivity contribution >= 4 is 5.91 Å². The summed E-state index contributed by atoms with van der Waals surface area (Å²) in [4.78, 5) is 16.1. The Morgan fingerprint density at radius 3 is 2.39 bits per heavy atom. The lowest BCUT2D eigenvalue weighted by molar-refractivity contribution is -0.120. The highest BCUT2D eigenvalue weighted by molar-refractivity contribution is 5.75. The van der Waals surface area contributed by atoms with Crippen molar-refractivity contribution in [1.29, 1.82) is 0 Å². The zero-order valence-corrected chi connectivity index (χ0v) is 12.2. The average Bonchev–Trinajstić information content (AvgIpc) is 2.38. The summed E-state index contributed by atoms with van der Waals surface area (Å²) in [6.07, 6.45) is 2.87. The molecule has 1 rings (SSSR count). The van der Waals surface area contributed by atoms with E-state index in [1.54, 1.807) is 0 Å². The molecular weight excluding hydrogens is 226 g/mol. The van der Waals surface area contributed by atoms with E-state index in [1.165, 1.54) is 39.1 Å². The van der Waals surface area contributed by atoms with Crippen LogP contribution in [0.15, 0.2) is 0 Å². The van der Waals surface area contributed by atoms with Crippen molar-refractivity contribution < 1.29 is 4.79 Å². The van der Waals surface area contributed by atoms with Gasteiger partial charge in [0, 0.05) is 45.2 Å². The Hall–Kier alpha value is -0.610. The highest BCUT2D eigenvalue weighted by Crippen LogP contribution is 2.06. The molecule has 1 aliphatic rings. The molecule has 0 aromatic carbocycles. The summed E-state index contributed by atoms with van der Waals surface area (Å²) in [7, 11) is 0. The van der Waals surface area contributed by atoms with Crippen LogP contribution in [0.3, 0.4) is 0 Å². The minimum atomic E-state index is 0.167. The third-order valence-corrected chi connectivity index (χ3v) is 3.68. The number of piperazine rings is 1. The Kier molecular flexibility index (Phi) is 7.28. The van der Waals surface area contributed by atoms with E-state index in [-0.39, 0.29) is 5.91 Å². The van der Waals surface area contributed by atoms with Gasteiger partial charge in [-0.25, -0.2) is 0 Å². The Morgan fingerprint density at radius 1 is 1.17 bits per heavy atom. The lowest BCUT2D eigenvalue weighted by atomic mass is 10.2. The highest BCUT2D eigenvalue weighted by atomic mass is 16.1. The maximum Gasteiger partial charge on any atom is 0.219 e. The first kappa shape index (κ1) is 15.4. The van der Waals surface area contributed by atoms with E-state index in [4.69, 9.17) is 0 Å². The highest BCUT2D eigenvalue weighted by Gasteiger charge is 2.17. The molecule has 1 saturated heterocycles. The summed E-state index contributed by atoms with van der Waals surface area (Å²) >= 11 is 0. The minimum Gasteiger partial charge on any atom is -0.356 e. The molecule has 4 heteroatoms. The van der Waals surface area contributed by atoms with Crippen molar-refractivity contribution in [3.8, 4) is 0 Å². The fraction of sp³-hybridized carbons (Fsp3) is 0.929. The van der Waals surface area contributed by atoms with E-state index in [2.05, 4.69) is 29.0 Å². The number of nitrogens with zero attached hydrogens (tertiary/aromatic N) is 2. The third-order valence-electron chi connectivity index (χ3n) is 3.68. The molecule has 0 spiro atoms. The van der Waals surface area contributed by atoms with Gasteiger partial charge in [0.2, 0.25) is 5.91 Å². The summed E-state index contributed by atoms with van der Waals surface area (Å²) in [6.45, 7) is 13.2. The zero-order chi connectivity index (χ0) is 13.4. The lowest BCUT2D eigenvalue weighted by Gasteiger charge is -2.36. The first-order chi connectivity index (χ1) is 8.63. The van der Waals surface area contributed by atoms with Crippen molar-refractivity contribution in [3.05, 3.63) is 0 Å². The standard InChI is InChI=1S/C14H29N3O/c1-4-14(18)15-7-5-6-8-16-9-11-17(12-10-16)13(2)3/h13H,4-12H2,1-3H3,(H,15,18). The number of amides is 1. The van der Waals surface area contributed by atoms with E-state index in [9.17, 15) is 4.79 Å². The molecule has 1 fully saturated rings. The predicted molar refractivity (Wildman–Crippen MR) is 75.7 cm³/mol. The van der Waals surface area contributed by atoms with E-state index >= 15 is 0 Å². The molecule has 0 radical (unpaired) electrons. The van der Waals surface area contributed by atoms with Crippen LogP contribution in [-0.4, -0.2) is 61.0 Å². The molecule has 0 saturated carbocycles. The zero-order valence-electron chi connectivity index (χ0n) is 12.2. The number of carbonyl (C=O) groups is 1. The van der Waals surface area contributed by atoms with Crippen molar-refractivity contribution in [2.45, 2.75) is 46.1 Å². The number of hydrogen-bond acceptors (Lipinski definition) is 3. The van der Waals surface area contributed by atoms with Gasteiger partial charge in [0.1, 0.15) is 0 Å². The van der Waals surface area contributed by atoms with Gasteiger partial charge in [-0.1, -0.05) is 6.92 Å². The molecule has 1 N–H and O–H groups in total. The third kappa shape index (κ3) is 5.83. The van der Waals surface area contributed by atoms with E-state index in [1.807, 2.05) is 6.92 Å². The molecule has 0 bridgehead atoms. The van der Waals surface area contributed by atoms with Crippen LogP contribution in [0.4, 0.5) is 0 Å². The fourth-order valence-corrected chi connectivity index (χ4v) is 2.32. The first-order valence-corrected chi connectivity index (χ1v) is 7.36. The second-order valence-corrected chi connectivity index (χ2v) is 5.38. The average molecular weight is 255 g/mol. The van der Waals surface area contributed by atoms with Gasteiger partial charge < -0.3 is 10.2 Å². The number of nitrogens with one attached hydrogen (secondary N) is 1. The van der Waals surface area contributed by atoms with Crippen molar-refractivity contribution in [2.24, 2.45) is 0 Å². The van der Waals surface area contributed by atoms with Gasteiger partial charge in [-0.15, -0.1) is 0 Å². The Labute approximate surface area is 112 Å². The molecule has 0 aromatic rings. The Bertz CT molecular complexity index is 235. The normalized spacial score (nSPS) is 18.2. The van der Waals surface area contributed by atoms with Crippen LogP contribution < -0.4 is 5.32 Å². The summed E-state index contributed by atoms with van der Waals surface area (Å²) in [5.74, 6) is 0.167. The maximum absolute atomic E-state index is 11.0. The van der Waals surface area contributed by atoms with Crippen LogP contribution in [0.2, 0.25) is 0 Å². The molecule has 0 aliphatic carbocycles. The summed E-state index contributed by atoms with van der Waals surface area (Å²) < 4.78 is 0. The maximum atomic E-state index is 11.0. The number of rotatable bonds is 7. The predicted octanol–water partition coefficient (Wildman–Crippen LogP) is 1.32. The molecular formula is C14H29N3O. The van der Waals surface area contributed by atoms with Crippen molar-refractivity contribution in [3.63, 3.8) is 0 Å². The molecule has 18 heavy (non-hydrogen) atoms. The molecule has 106 valence electrons. The second kappa shape index (κ2) is 8.48.